The maximum atomic E-state index is 15.3. The fourth-order valence-corrected chi connectivity index (χ4v) is 5.31. The fourth-order valence-electron chi connectivity index (χ4n) is 5.31. The molecule has 0 aliphatic rings. The molecular formula is C35H38O9. The van der Waals surface area contributed by atoms with E-state index in [1.807, 2.05) is 48.5 Å². The highest BCUT2D eigenvalue weighted by atomic mass is 16.5. The second-order valence-corrected chi connectivity index (χ2v) is 9.71. The smallest absolute Gasteiger partial charge is 0.164 e. The minimum atomic E-state index is -0.819. The van der Waals surface area contributed by atoms with Gasteiger partial charge in [-0.1, -0.05) is 24.3 Å². The van der Waals surface area contributed by atoms with Crippen LogP contribution in [0.1, 0.15) is 34.1 Å². The molecule has 4 aromatic carbocycles. The van der Waals surface area contributed by atoms with Gasteiger partial charge in [0.05, 0.1) is 68.7 Å². The quantitative estimate of drug-likeness (QED) is 0.165. The first-order chi connectivity index (χ1) is 21.4. The molecule has 0 spiro atoms. The number of Topliss-reactive ketones (excluding diaryl/α,β-unsaturated/α-hetero) is 1. The highest BCUT2D eigenvalue weighted by molar-refractivity contribution is 5.98. The van der Waals surface area contributed by atoms with Crippen LogP contribution in [0.5, 0.6) is 46.0 Å². The molecule has 0 aliphatic carbocycles. The van der Waals surface area contributed by atoms with Gasteiger partial charge in [0.15, 0.2) is 28.8 Å². The summed E-state index contributed by atoms with van der Waals surface area (Å²) in [5.74, 6) is 2.31. The Morgan fingerprint density at radius 3 is 0.977 bits per heavy atom. The van der Waals surface area contributed by atoms with E-state index in [0.717, 1.165) is 11.1 Å². The van der Waals surface area contributed by atoms with Crippen molar-refractivity contribution in [2.75, 3.05) is 56.9 Å². The van der Waals surface area contributed by atoms with E-state index in [1.165, 1.54) is 0 Å². The van der Waals surface area contributed by atoms with Gasteiger partial charge in [-0.25, -0.2) is 0 Å². The normalized spacial score (nSPS) is 12.0. The van der Waals surface area contributed by atoms with Gasteiger partial charge in [0, 0.05) is 23.3 Å². The van der Waals surface area contributed by atoms with E-state index in [0.29, 0.717) is 57.1 Å². The van der Waals surface area contributed by atoms with Gasteiger partial charge in [-0.15, -0.1) is 0 Å². The Morgan fingerprint density at radius 2 is 0.705 bits per heavy atom. The first kappa shape index (κ1) is 31.9. The summed E-state index contributed by atoms with van der Waals surface area (Å²) in [6, 6.07) is 21.8. The van der Waals surface area contributed by atoms with Gasteiger partial charge in [-0.05, 0) is 47.5 Å². The molecule has 9 heteroatoms. The van der Waals surface area contributed by atoms with E-state index in [-0.39, 0.29) is 5.78 Å². The van der Waals surface area contributed by atoms with Crippen LogP contribution in [0, 0.1) is 0 Å². The Balaban J connectivity index is 2.05. The third-order valence-corrected chi connectivity index (χ3v) is 7.56. The molecule has 0 aliphatic heterocycles. The second-order valence-electron chi connectivity index (χ2n) is 9.71. The van der Waals surface area contributed by atoms with Crippen molar-refractivity contribution in [3.05, 3.63) is 95.1 Å². The summed E-state index contributed by atoms with van der Waals surface area (Å²) in [5, 5.41) is 0. The van der Waals surface area contributed by atoms with Crippen molar-refractivity contribution in [2.45, 2.75) is 11.8 Å². The van der Waals surface area contributed by atoms with Crippen LogP contribution in [0.4, 0.5) is 0 Å². The van der Waals surface area contributed by atoms with E-state index in [9.17, 15) is 0 Å². The summed E-state index contributed by atoms with van der Waals surface area (Å²) in [6.45, 7) is 0. The second kappa shape index (κ2) is 14.4. The summed E-state index contributed by atoms with van der Waals surface area (Å²) >= 11 is 0. The minimum Gasteiger partial charge on any atom is -0.497 e. The molecule has 232 valence electrons. The maximum absolute atomic E-state index is 15.3. The number of benzene rings is 4. The summed E-state index contributed by atoms with van der Waals surface area (Å²) in [6.07, 6.45) is 0. The SMILES string of the molecule is COc1ccc(C(C(=O)C(c2ccc(OC)cc2)c2cc(OC)c(OC)cc2OC)c2cc(OC)c(OC)cc2OC)cc1. The lowest BCUT2D eigenvalue weighted by atomic mass is 9.76. The lowest BCUT2D eigenvalue weighted by molar-refractivity contribution is -0.120. The number of hydrogen-bond donors (Lipinski definition) is 0. The molecule has 2 unspecified atom stereocenters. The number of methoxy groups -OCH3 is 8. The first-order valence-electron chi connectivity index (χ1n) is 13.8. The number of carbonyl (C=O) groups is 1. The molecule has 44 heavy (non-hydrogen) atoms. The zero-order valence-corrected chi connectivity index (χ0v) is 26.3. The minimum absolute atomic E-state index is 0.156. The van der Waals surface area contributed by atoms with Gasteiger partial charge in [-0.3, -0.25) is 4.79 Å². The molecular weight excluding hydrogens is 564 g/mol. The van der Waals surface area contributed by atoms with Crippen LogP contribution in [0.15, 0.2) is 72.8 Å². The van der Waals surface area contributed by atoms with Gasteiger partial charge in [-0.2, -0.15) is 0 Å². The standard InChI is InChI=1S/C35H38O9/c1-37-23-13-9-21(10-14-23)33(25-17-29(41-5)31(43-7)19-27(25)39-3)35(36)34(22-11-15-24(38-2)16-12-22)26-18-30(42-6)32(44-8)20-28(26)40-4/h9-20,33-34H,1-8H3. The molecule has 0 aromatic heterocycles. The Hall–Kier alpha value is -5.05. The van der Waals surface area contributed by atoms with E-state index >= 15 is 4.79 Å². The van der Waals surface area contributed by atoms with Gasteiger partial charge < -0.3 is 37.9 Å². The predicted octanol–water partition coefficient (Wildman–Crippen LogP) is 6.29. The Morgan fingerprint density at radius 1 is 0.409 bits per heavy atom. The Labute approximate surface area is 258 Å². The maximum Gasteiger partial charge on any atom is 0.164 e. The average Bonchev–Trinajstić information content (AvgIpc) is 3.08. The van der Waals surface area contributed by atoms with Crippen LogP contribution in [0.25, 0.3) is 0 Å². The van der Waals surface area contributed by atoms with E-state index in [4.69, 9.17) is 37.9 Å². The molecule has 0 amide bonds. The Bertz CT molecular complexity index is 1450. The first-order valence-corrected chi connectivity index (χ1v) is 13.8. The zero-order valence-electron chi connectivity index (χ0n) is 26.3. The van der Waals surface area contributed by atoms with Gasteiger partial charge >= 0.3 is 0 Å². The molecule has 0 saturated heterocycles. The highest BCUT2D eigenvalue weighted by Gasteiger charge is 2.36. The zero-order chi connectivity index (χ0) is 31.8. The van der Waals surface area contributed by atoms with E-state index in [2.05, 4.69) is 0 Å². The average molecular weight is 603 g/mol. The number of rotatable bonds is 14. The van der Waals surface area contributed by atoms with Crippen LogP contribution in [0.2, 0.25) is 0 Å². The van der Waals surface area contributed by atoms with Gasteiger partial charge in [0.1, 0.15) is 23.0 Å². The van der Waals surface area contributed by atoms with Crippen molar-refractivity contribution in [3.8, 4) is 46.0 Å². The monoisotopic (exact) mass is 602 g/mol. The fraction of sp³-hybridized carbons (Fsp3) is 0.286. The number of ether oxygens (including phenoxy) is 8. The Kier molecular flexibility index (Phi) is 10.4. The van der Waals surface area contributed by atoms with Gasteiger partial charge in [0.2, 0.25) is 0 Å². The van der Waals surface area contributed by atoms with Crippen molar-refractivity contribution in [2.24, 2.45) is 0 Å². The summed E-state index contributed by atoms with van der Waals surface area (Å²) in [4.78, 5) is 15.3. The topological polar surface area (TPSA) is 90.9 Å². The van der Waals surface area contributed by atoms with Crippen LogP contribution in [-0.2, 0) is 4.79 Å². The summed E-state index contributed by atoms with van der Waals surface area (Å²) in [7, 11) is 12.5. The predicted molar refractivity (Wildman–Crippen MR) is 167 cm³/mol. The largest absolute Gasteiger partial charge is 0.497 e. The molecule has 0 fully saturated rings. The van der Waals surface area contributed by atoms with Crippen molar-refractivity contribution >= 4 is 5.78 Å². The molecule has 0 N–H and O–H groups in total. The van der Waals surface area contributed by atoms with Crippen molar-refractivity contribution in [1.29, 1.82) is 0 Å². The molecule has 4 aromatic rings. The lowest BCUT2D eigenvalue weighted by Crippen LogP contribution is -2.24. The summed E-state index contributed by atoms with van der Waals surface area (Å²) in [5.41, 5.74) is 2.63. The number of carbonyl (C=O) groups excluding carboxylic acids is 1. The molecule has 0 saturated carbocycles. The summed E-state index contributed by atoms with van der Waals surface area (Å²) < 4.78 is 44.8. The van der Waals surface area contributed by atoms with Crippen molar-refractivity contribution in [1.82, 2.24) is 0 Å². The van der Waals surface area contributed by atoms with Crippen molar-refractivity contribution < 1.29 is 42.7 Å². The third-order valence-electron chi connectivity index (χ3n) is 7.56. The van der Waals surface area contributed by atoms with Crippen molar-refractivity contribution in [3.63, 3.8) is 0 Å². The van der Waals surface area contributed by atoms with Gasteiger partial charge in [0.25, 0.3) is 0 Å². The van der Waals surface area contributed by atoms with E-state index < -0.39 is 11.8 Å². The molecule has 0 bridgehead atoms. The molecule has 0 radical (unpaired) electrons. The van der Waals surface area contributed by atoms with Crippen LogP contribution in [-0.4, -0.2) is 62.7 Å². The molecule has 4 rings (SSSR count). The third kappa shape index (κ3) is 6.32. The molecule has 0 heterocycles. The highest BCUT2D eigenvalue weighted by Crippen LogP contribution is 2.47. The molecule has 9 nitrogen and oxygen atoms in total. The number of hydrogen-bond acceptors (Lipinski definition) is 9. The van der Waals surface area contributed by atoms with Crippen LogP contribution >= 0.6 is 0 Å². The molecule has 2 atom stereocenters. The van der Waals surface area contributed by atoms with Crippen LogP contribution in [0.3, 0.4) is 0 Å². The van der Waals surface area contributed by atoms with Crippen LogP contribution < -0.4 is 37.9 Å². The number of ketones is 1. The van der Waals surface area contributed by atoms with E-state index in [1.54, 1.807) is 81.1 Å². The lowest BCUT2D eigenvalue weighted by Gasteiger charge is -2.28.